The molecule has 0 saturated heterocycles. The van der Waals surface area contributed by atoms with Crippen LogP contribution in [-0.4, -0.2) is 38.7 Å². The number of pyridine rings is 1. The molecule has 0 aliphatic heterocycles. The number of nitrogens with one attached hydrogen (secondary N) is 2. The first-order valence-electron chi connectivity index (χ1n) is 8.97. The molecule has 3 aromatic rings. The van der Waals surface area contributed by atoms with Crippen molar-refractivity contribution in [3.8, 4) is 5.82 Å². The minimum Gasteiger partial charge on any atom is -0.444 e. The van der Waals surface area contributed by atoms with Gasteiger partial charge in [0.2, 0.25) is 5.91 Å². The topological polar surface area (TPSA) is 98.1 Å². The zero-order chi connectivity index (χ0) is 20.1. The smallest absolute Gasteiger partial charge is 0.407 e. The van der Waals surface area contributed by atoms with Gasteiger partial charge in [-0.1, -0.05) is 12.1 Å². The summed E-state index contributed by atoms with van der Waals surface area (Å²) in [4.78, 5) is 32.3. The number of aromatic nitrogens is 3. The second-order valence-electron chi connectivity index (χ2n) is 7.24. The Kier molecular flexibility index (Phi) is 5.58. The van der Waals surface area contributed by atoms with Crippen LogP contribution in [0.25, 0.3) is 16.9 Å². The van der Waals surface area contributed by atoms with Gasteiger partial charge in [-0.05, 0) is 45.0 Å². The van der Waals surface area contributed by atoms with Crippen LogP contribution in [0.2, 0.25) is 0 Å². The molecule has 2 heterocycles. The Morgan fingerprint density at radius 2 is 1.89 bits per heavy atom. The van der Waals surface area contributed by atoms with Gasteiger partial charge in [0, 0.05) is 13.0 Å². The molecule has 0 saturated carbocycles. The molecule has 0 fully saturated rings. The van der Waals surface area contributed by atoms with Crippen molar-refractivity contribution in [2.45, 2.75) is 32.8 Å². The largest absolute Gasteiger partial charge is 0.444 e. The Balaban J connectivity index is 1.53. The standard InChI is InChI=1S/C20H23N5O3/c1-20(2,3)28-19(27)21-11-10-18(26)24-14-8-9-17(22-12-14)25-13-23-15-6-4-5-7-16(15)25/h4-9,12-13H,10-11H2,1-3H3,(H,21,27)(H,24,26). The number of carbonyl (C=O) groups is 2. The zero-order valence-corrected chi connectivity index (χ0v) is 16.1. The van der Waals surface area contributed by atoms with E-state index in [-0.39, 0.29) is 18.9 Å². The lowest BCUT2D eigenvalue weighted by molar-refractivity contribution is -0.116. The summed E-state index contributed by atoms with van der Waals surface area (Å²) in [5.74, 6) is 0.483. The fourth-order valence-electron chi connectivity index (χ4n) is 2.56. The monoisotopic (exact) mass is 381 g/mol. The highest BCUT2D eigenvalue weighted by molar-refractivity contribution is 5.91. The van der Waals surface area contributed by atoms with E-state index in [9.17, 15) is 9.59 Å². The number of hydrogen-bond acceptors (Lipinski definition) is 5. The Bertz CT molecular complexity index is 973. The van der Waals surface area contributed by atoms with Crippen molar-refractivity contribution in [2.24, 2.45) is 0 Å². The number of fused-ring (bicyclic) bond motifs is 1. The molecule has 0 aliphatic carbocycles. The molecule has 0 radical (unpaired) electrons. The van der Waals surface area contributed by atoms with Crippen LogP contribution in [0.3, 0.4) is 0 Å². The maximum Gasteiger partial charge on any atom is 0.407 e. The summed E-state index contributed by atoms with van der Waals surface area (Å²) >= 11 is 0. The van der Waals surface area contributed by atoms with Gasteiger partial charge in [-0.2, -0.15) is 0 Å². The molecular weight excluding hydrogens is 358 g/mol. The molecule has 8 nitrogen and oxygen atoms in total. The van der Waals surface area contributed by atoms with Crippen LogP contribution in [0.5, 0.6) is 0 Å². The summed E-state index contributed by atoms with van der Waals surface area (Å²) in [5, 5.41) is 5.31. The van der Waals surface area contributed by atoms with E-state index in [4.69, 9.17) is 4.74 Å². The second kappa shape index (κ2) is 8.08. The normalized spacial score (nSPS) is 11.2. The van der Waals surface area contributed by atoms with Crippen LogP contribution >= 0.6 is 0 Å². The van der Waals surface area contributed by atoms with Crippen molar-refractivity contribution < 1.29 is 14.3 Å². The number of alkyl carbamates (subject to hydrolysis) is 1. The SMILES string of the molecule is CC(C)(C)OC(=O)NCCC(=O)Nc1ccc(-n2cnc3ccccc32)nc1. The highest BCUT2D eigenvalue weighted by Gasteiger charge is 2.16. The number of benzene rings is 1. The third kappa shape index (κ3) is 5.06. The van der Waals surface area contributed by atoms with E-state index < -0.39 is 11.7 Å². The number of carbonyl (C=O) groups excluding carboxylic acids is 2. The summed E-state index contributed by atoms with van der Waals surface area (Å²) in [6.45, 7) is 5.53. The third-order valence-corrected chi connectivity index (χ3v) is 3.75. The molecule has 2 amide bonds. The lowest BCUT2D eigenvalue weighted by Gasteiger charge is -2.19. The minimum atomic E-state index is -0.569. The molecule has 8 heteroatoms. The lowest BCUT2D eigenvalue weighted by Crippen LogP contribution is -2.34. The van der Waals surface area contributed by atoms with E-state index in [1.807, 2.05) is 34.9 Å². The Labute approximate surface area is 162 Å². The molecule has 28 heavy (non-hydrogen) atoms. The molecule has 2 N–H and O–H groups in total. The molecule has 0 unspecified atom stereocenters. The molecule has 3 rings (SSSR count). The molecule has 2 aromatic heterocycles. The van der Waals surface area contributed by atoms with Gasteiger partial charge in [-0.3, -0.25) is 9.36 Å². The first-order chi connectivity index (χ1) is 13.3. The van der Waals surface area contributed by atoms with Gasteiger partial charge in [0.15, 0.2) is 0 Å². The molecule has 146 valence electrons. The predicted octanol–water partition coefficient (Wildman–Crippen LogP) is 3.27. The Morgan fingerprint density at radius 3 is 2.61 bits per heavy atom. The Hall–Kier alpha value is -3.42. The van der Waals surface area contributed by atoms with Crippen molar-refractivity contribution in [1.82, 2.24) is 19.9 Å². The van der Waals surface area contributed by atoms with Crippen LogP contribution in [0.15, 0.2) is 48.9 Å². The van der Waals surface area contributed by atoms with E-state index >= 15 is 0 Å². The van der Waals surface area contributed by atoms with Crippen molar-refractivity contribution >= 4 is 28.7 Å². The van der Waals surface area contributed by atoms with Crippen LogP contribution < -0.4 is 10.6 Å². The summed E-state index contributed by atoms with van der Waals surface area (Å²) in [5.41, 5.74) is 1.86. The van der Waals surface area contributed by atoms with Gasteiger partial charge in [-0.15, -0.1) is 0 Å². The predicted molar refractivity (Wildman–Crippen MR) is 106 cm³/mol. The van der Waals surface area contributed by atoms with E-state index in [1.54, 1.807) is 39.4 Å². The van der Waals surface area contributed by atoms with Crippen LogP contribution in [0.4, 0.5) is 10.5 Å². The summed E-state index contributed by atoms with van der Waals surface area (Å²) < 4.78 is 7.00. The summed E-state index contributed by atoms with van der Waals surface area (Å²) in [6, 6.07) is 11.4. The van der Waals surface area contributed by atoms with Gasteiger partial charge in [0.1, 0.15) is 17.7 Å². The number of ether oxygens (including phenoxy) is 1. The number of imidazole rings is 1. The van der Waals surface area contributed by atoms with Crippen LogP contribution in [-0.2, 0) is 9.53 Å². The molecule has 1 aromatic carbocycles. The maximum atomic E-state index is 12.0. The van der Waals surface area contributed by atoms with Crippen molar-refractivity contribution in [3.05, 3.63) is 48.9 Å². The number of rotatable bonds is 5. The summed E-state index contributed by atoms with van der Waals surface area (Å²) in [6.07, 6.45) is 2.89. The van der Waals surface area contributed by atoms with Gasteiger partial charge in [0.25, 0.3) is 0 Å². The molecular formula is C20H23N5O3. The number of amides is 2. The van der Waals surface area contributed by atoms with Crippen LogP contribution in [0, 0.1) is 0 Å². The fourth-order valence-corrected chi connectivity index (χ4v) is 2.56. The highest BCUT2D eigenvalue weighted by atomic mass is 16.6. The lowest BCUT2D eigenvalue weighted by atomic mass is 10.2. The molecule has 0 aliphatic rings. The quantitative estimate of drug-likeness (QED) is 0.707. The first-order valence-corrected chi connectivity index (χ1v) is 8.97. The van der Waals surface area contributed by atoms with Gasteiger partial charge >= 0.3 is 6.09 Å². The minimum absolute atomic E-state index is 0.132. The van der Waals surface area contributed by atoms with Gasteiger partial charge in [0.05, 0.1) is 22.9 Å². The van der Waals surface area contributed by atoms with Gasteiger partial charge in [-0.25, -0.2) is 14.8 Å². The number of anilines is 1. The second-order valence-corrected chi connectivity index (χ2v) is 7.24. The first kappa shape index (κ1) is 19.3. The number of nitrogens with zero attached hydrogens (tertiary/aromatic N) is 3. The van der Waals surface area contributed by atoms with Crippen molar-refractivity contribution in [2.75, 3.05) is 11.9 Å². The number of para-hydroxylation sites is 2. The average Bonchev–Trinajstić information content (AvgIpc) is 3.05. The fraction of sp³-hybridized carbons (Fsp3) is 0.300. The number of hydrogen-bond donors (Lipinski definition) is 2. The zero-order valence-electron chi connectivity index (χ0n) is 16.1. The van der Waals surface area contributed by atoms with Crippen molar-refractivity contribution in [3.63, 3.8) is 0 Å². The van der Waals surface area contributed by atoms with Crippen LogP contribution in [0.1, 0.15) is 27.2 Å². The van der Waals surface area contributed by atoms with E-state index in [0.717, 1.165) is 11.0 Å². The molecule has 0 spiro atoms. The van der Waals surface area contributed by atoms with E-state index in [0.29, 0.717) is 11.5 Å². The maximum absolute atomic E-state index is 12.0. The van der Waals surface area contributed by atoms with Crippen molar-refractivity contribution in [1.29, 1.82) is 0 Å². The molecule has 0 bridgehead atoms. The van der Waals surface area contributed by atoms with E-state index in [1.165, 1.54) is 0 Å². The van der Waals surface area contributed by atoms with E-state index in [2.05, 4.69) is 20.6 Å². The third-order valence-electron chi connectivity index (χ3n) is 3.75. The van der Waals surface area contributed by atoms with Gasteiger partial charge < -0.3 is 15.4 Å². The Morgan fingerprint density at radius 1 is 1.11 bits per heavy atom. The summed E-state index contributed by atoms with van der Waals surface area (Å²) in [7, 11) is 0. The molecule has 0 atom stereocenters. The average molecular weight is 381 g/mol. The highest BCUT2D eigenvalue weighted by Crippen LogP contribution is 2.17.